The highest BCUT2D eigenvalue weighted by molar-refractivity contribution is 7.99. The highest BCUT2D eigenvalue weighted by Gasteiger charge is 2.12. The number of fused-ring (bicyclic) bond motifs is 2. The van der Waals surface area contributed by atoms with Gasteiger partial charge < -0.3 is 31.1 Å². The van der Waals surface area contributed by atoms with E-state index in [9.17, 15) is 0 Å². The molecule has 0 amide bonds. The van der Waals surface area contributed by atoms with Crippen molar-refractivity contribution in [3.05, 3.63) is 170 Å². The highest BCUT2D eigenvalue weighted by Crippen LogP contribution is 2.33. The molecule has 72 heavy (non-hydrogen) atoms. The molecule has 372 valence electrons. The molecule has 10 rings (SSSR count). The van der Waals surface area contributed by atoms with Gasteiger partial charge in [0.1, 0.15) is 0 Å². The maximum Gasteiger partial charge on any atom is 0.0719 e. The van der Waals surface area contributed by atoms with Crippen LogP contribution in [0.2, 0.25) is 0 Å². The third-order valence-electron chi connectivity index (χ3n) is 13.6. The number of benzene rings is 6. The molecule has 0 unspecified atom stereocenters. The second-order valence-corrected chi connectivity index (χ2v) is 21.0. The van der Waals surface area contributed by atoms with E-state index in [-0.39, 0.29) is 0 Å². The summed E-state index contributed by atoms with van der Waals surface area (Å²) >= 11 is 3.92. The third-order valence-corrected chi connectivity index (χ3v) is 16.0. The van der Waals surface area contributed by atoms with Gasteiger partial charge in [-0.25, -0.2) is 0 Å². The van der Waals surface area contributed by atoms with Crippen molar-refractivity contribution in [1.29, 1.82) is 0 Å². The van der Waals surface area contributed by atoms with Crippen LogP contribution in [0.3, 0.4) is 0 Å². The number of rotatable bonds is 22. The molecule has 0 radical (unpaired) electrons. The van der Waals surface area contributed by atoms with Crippen LogP contribution in [0.1, 0.15) is 51.4 Å². The Bertz CT molecular complexity index is 2640. The number of thioether (sulfide) groups is 2. The number of anilines is 4. The van der Waals surface area contributed by atoms with E-state index in [4.69, 9.17) is 0 Å². The Morgan fingerprint density at radius 2 is 0.806 bits per heavy atom. The van der Waals surface area contributed by atoms with E-state index in [0.29, 0.717) is 0 Å². The molecule has 8 nitrogen and oxygen atoms in total. The topological polar surface area (TPSA) is 80.4 Å². The molecule has 2 aromatic heterocycles. The maximum absolute atomic E-state index is 4.63. The Labute approximate surface area is 437 Å². The Morgan fingerprint density at radius 1 is 0.403 bits per heavy atom. The number of unbranched alkanes of at least 4 members (excludes halogenated alkanes) is 6. The van der Waals surface area contributed by atoms with Crippen LogP contribution < -0.4 is 31.1 Å². The number of nitrogens with one attached hydrogen (secondary N) is 4. The summed E-state index contributed by atoms with van der Waals surface area (Å²) in [5, 5.41) is 16.5. The van der Waals surface area contributed by atoms with E-state index in [2.05, 4.69) is 199 Å². The summed E-state index contributed by atoms with van der Waals surface area (Å²) in [6, 6.07) is 56.5. The van der Waals surface area contributed by atoms with Crippen molar-refractivity contribution < 1.29 is 0 Å². The largest absolute Gasteiger partial charge is 0.385 e. The molecule has 0 spiro atoms. The highest BCUT2D eigenvalue weighted by atomic mass is 32.2. The minimum Gasteiger partial charge on any atom is -0.385 e. The lowest BCUT2D eigenvalue weighted by Gasteiger charge is -2.29. The zero-order valence-corrected chi connectivity index (χ0v) is 43.5. The Kier molecular flexibility index (Phi) is 19.6. The number of aromatic nitrogens is 2. The molecule has 10 heteroatoms. The molecule has 2 saturated heterocycles. The van der Waals surface area contributed by atoms with Crippen LogP contribution in [-0.2, 0) is 0 Å². The summed E-state index contributed by atoms with van der Waals surface area (Å²) in [5.74, 6) is 2.31. The standard InChI is InChI=1S/2C31H36N4S/c2*1(6-17-33-27-11-13-28(14-12-27)35-21-19-32-20-22-35)2-7-23-36-31-16-18-34-30-24-26(10-15-29(30)31)25-8-4-3-5-9-25/h2*3-5,8-16,18,24,32-33H,1-2,6-7,17,19-23H2. The minimum atomic E-state index is 1.04. The van der Waals surface area contributed by atoms with Crippen molar-refractivity contribution in [2.45, 2.75) is 61.2 Å². The summed E-state index contributed by atoms with van der Waals surface area (Å²) < 4.78 is 0. The molecule has 4 heterocycles. The number of piperazine rings is 2. The lowest BCUT2D eigenvalue weighted by atomic mass is 10.0. The number of nitrogens with zero attached hydrogens (tertiary/aromatic N) is 4. The summed E-state index contributed by atoms with van der Waals surface area (Å²) in [4.78, 5) is 16.9. The van der Waals surface area contributed by atoms with Gasteiger partial charge in [0.2, 0.25) is 0 Å². The van der Waals surface area contributed by atoms with Gasteiger partial charge in [0.05, 0.1) is 11.0 Å². The molecule has 0 atom stereocenters. The molecule has 2 aliphatic heterocycles. The van der Waals surface area contributed by atoms with E-state index in [1.165, 1.54) is 117 Å². The fourth-order valence-electron chi connectivity index (χ4n) is 9.53. The zero-order chi connectivity index (χ0) is 48.8. The molecule has 0 aliphatic carbocycles. The molecule has 4 N–H and O–H groups in total. The van der Waals surface area contributed by atoms with Gasteiger partial charge in [-0.05, 0) is 132 Å². The van der Waals surface area contributed by atoms with Gasteiger partial charge in [-0.2, -0.15) is 0 Å². The quantitative estimate of drug-likeness (QED) is 0.0389. The predicted octanol–water partition coefficient (Wildman–Crippen LogP) is 14.2. The first-order valence-electron chi connectivity index (χ1n) is 26.5. The molecule has 2 aliphatic rings. The second-order valence-electron chi connectivity index (χ2n) is 18.8. The van der Waals surface area contributed by atoms with Gasteiger partial charge in [-0.15, -0.1) is 23.5 Å². The van der Waals surface area contributed by atoms with Gasteiger partial charge in [-0.3, -0.25) is 9.97 Å². The van der Waals surface area contributed by atoms with Crippen molar-refractivity contribution >= 4 is 68.1 Å². The normalized spacial score (nSPS) is 13.7. The number of hydrogen-bond acceptors (Lipinski definition) is 10. The minimum absolute atomic E-state index is 1.04. The average Bonchev–Trinajstić information content (AvgIpc) is 3.45. The van der Waals surface area contributed by atoms with E-state index in [1.54, 1.807) is 0 Å². The molecular formula is C62H72N8S2. The van der Waals surface area contributed by atoms with Crippen molar-refractivity contribution in [2.24, 2.45) is 0 Å². The van der Waals surface area contributed by atoms with Crippen LogP contribution in [0.5, 0.6) is 0 Å². The lowest BCUT2D eigenvalue weighted by Crippen LogP contribution is -2.43. The van der Waals surface area contributed by atoms with Crippen LogP contribution in [0.25, 0.3) is 44.1 Å². The summed E-state index contributed by atoms with van der Waals surface area (Å²) in [6.45, 7) is 10.8. The van der Waals surface area contributed by atoms with Gasteiger partial charge in [0.15, 0.2) is 0 Å². The maximum atomic E-state index is 4.63. The first-order chi connectivity index (χ1) is 35.7. The number of hydrogen-bond donors (Lipinski definition) is 4. The molecule has 6 aromatic carbocycles. The van der Waals surface area contributed by atoms with Crippen molar-refractivity contribution in [2.75, 3.05) is 97.4 Å². The zero-order valence-electron chi connectivity index (χ0n) is 41.9. The van der Waals surface area contributed by atoms with Crippen LogP contribution in [0.4, 0.5) is 22.7 Å². The first kappa shape index (κ1) is 50.9. The molecule has 2 fully saturated rings. The predicted molar refractivity (Wildman–Crippen MR) is 313 cm³/mol. The third kappa shape index (κ3) is 15.0. The van der Waals surface area contributed by atoms with Gasteiger partial charge in [0.25, 0.3) is 0 Å². The van der Waals surface area contributed by atoms with E-state index >= 15 is 0 Å². The number of pyridine rings is 2. The van der Waals surface area contributed by atoms with Crippen molar-refractivity contribution in [1.82, 2.24) is 20.6 Å². The first-order valence-corrected chi connectivity index (χ1v) is 28.4. The molecule has 0 bridgehead atoms. The van der Waals surface area contributed by atoms with Gasteiger partial charge >= 0.3 is 0 Å². The van der Waals surface area contributed by atoms with Crippen LogP contribution in [0.15, 0.2) is 180 Å². The van der Waals surface area contributed by atoms with Crippen LogP contribution >= 0.6 is 23.5 Å². The fourth-order valence-corrected chi connectivity index (χ4v) is 11.6. The Hall–Kier alpha value is -6.04. The molecular weight excluding hydrogens is 921 g/mol. The molecule has 8 aromatic rings. The van der Waals surface area contributed by atoms with Crippen molar-refractivity contribution in [3.8, 4) is 22.3 Å². The van der Waals surface area contributed by atoms with E-state index in [0.717, 1.165) is 88.0 Å². The molecule has 0 saturated carbocycles. The summed E-state index contributed by atoms with van der Waals surface area (Å²) in [6.07, 6.45) is 13.9. The average molecular weight is 993 g/mol. The van der Waals surface area contributed by atoms with E-state index < -0.39 is 0 Å². The summed E-state index contributed by atoms with van der Waals surface area (Å²) in [7, 11) is 0. The SMILES string of the molecule is c1ccc(-c2ccc3c(SCCCCCCNc4ccc(N5CCNCC5)cc4)ccnc3c2)cc1.c1ccc(-c2ccc3c(SCCCCCCNc4ccc(N5CCNCC5)cc4)ccnc3c2)cc1. The fraction of sp³-hybridized carbons (Fsp3) is 0.323. The smallest absolute Gasteiger partial charge is 0.0719 e. The van der Waals surface area contributed by atoms with Crippen molar-refractivity contribution in [3.63, 3.8) is 0 Å². The second kappa shape index (κ2) is 27.7. The lowest BCUT2D eigenvalue weighted by molar-refractivity contribution is 0.589. The van der Waals surface area contributed by atoms with E-state index in [1.807, 2.05) is 35.9 Å². The Morgan fingerprint density at radius 3 is 1.22 bits per heavy atom. The Balaban J connectivity index is 0.000000178. The van der Waals surface area contributed by atoms with Gasteiger partial charge in [0, 0.05) is 121 Å². The van der Waals surface area contributed by atoms with Crippen LogP contribution in [0, 0.1) is 0 Å². The monoisotopic (exact) mass is 993 g/mol. The summed E-state index contributed by atoms with van der Waals surface area (Å²) in [5.41, 5.74) is 12.2. The van der Waals surface area contributed by atoms with Crippen LogP contribution in [-0.4, -0.2) is 86.9 Å². The van der Waals surface area contributed by atoms with Gasteiger partial charge in [-0.1, -0.05) is 111 Å².